The standard InChI is InChI=1S/C22H23BrN2O6/c1-5-31-21(26)17-18(12-6-8-14(28-2)9-7-12)24-22(27)25-19(17)15-10-13(23)11-16(29-3)20(15)30-4/h6-11,19H,5H2,1-4H3,(H2,24,25,27). The summed E-state index contributed by atoms with van der Waals surface area (Å²) >= 11 is 3.45. The maximum atomic E-state index is 13.1. The Balaban J connectivity index is 2.26. The Morgan fingerprint density at radius 3 is 2.35 bits per heavy atom. The maximum Gasteiger partial charge on any atom is 0.338 e. The van der Waals surface area contributed by atoms with Gasteiger partial charge >= 0.3 is 12.0 Å². The van der Waals surface area contributed by atoms with Gasteiger partial charge in [-0.05, 0) is 48.9 Å². The van der Waals surface area contributed by atoms with Gasteiger partial charge in [0.2, 0.25) is 0 Å². The molecular weight excluding hydrogens is 468 g/mol. The molecule has 1 unspecified atom stereocenters. The van der Waals surface area contributed by atoms with E-state index in [1.165, 1.54) is 14.2 Å². The van der Waals surface area contributed by atoms with Crippen molar-refractivity contribution in [1.29, 1.82) is 0 Å². The fourth-order valence-electron chi connectivity index (χ4n) is 3.39. The van der Waals surface area contributed by atoms with E-state index >= 15 is 0 Å². The van der Waals surface area contributed by atoms with E-state index in [4.69, 9.17) is 18.9 Å². The summed E-state index contributed by atoms with van der Waals surface area (Å²) in [5.74, 6) is 0.937. The van der Waals surface area contributed by atoms with Crippen LogP contribution >= 0.6 is 15.9 Å². The lowest BCUT2D eigenvalue weighted by Crippen LogP contribution is -2.45. The highest BCUT2D eigenvalue weighted by Crippen LogP contribution is 2.42. The highest BCUT2D eigenvalue weighted by atomic mass is 79.9. The number of ether oxygens (including phenoxy) is 4. The number of halogens is 1. The number of methoxy groups -OCH3 is 3. The van der Waals surface area contributed by atoms with Gasteiger partial charge in [0, 0.05) is 10.0 Å². The van der Waals surface area contributed by atoms with Crippen molar-refractivity contribution in [2.45, 2.75) is 13.0 Å². The fraction of sp³-hybridized carbons (Fsp3) is 0.273. The van der Waals surface area contributed by atoms with Crippen LogP contribution in [0.1, 0.15) is 24.1 Å². The van der Waals surface area contributed by atoms with Crippen molar-refractivity contribution in [1.82, 2.24) is 10.6 Å². The van der Waals surface area contributed by atoms with Gasteiger partial charge in [-0.2, -0.15) is 0 Å². The van der Waals surface area contributed by atoms with E-state index in [9.17, 15) is 9.59 Å². The molecule has 3 rings (SSSR count). The molecular formula is C22H23BrN2O6. The number of urea groups is 1. The predicted octanol–water partition coefficient (Wildman–Crippen LogP) is 3.80. The largest absolute Gasteiger partial charge is 0.497 e. The summed E-state index contributed by atoms with van der Waals surface area (Å²) in [6.07, 6.45) is 0. The summed E-state index contributed by atoms with van der Waals surface area (Å²) in [4.78, 5) is 25.7. The molecule has 0 saturated heterocycles. The number of amides is 2. The summed E-state index contributed by atoms with van der Waals surface area (Å²) < 4.78 is 22.2. The number of rotatable bonds is 7. The van der Waals surface area contributed by atoms with Gasteiger partial charge in [0.15, 0.2) is 11.5 Å². The van der Waals surface area contributed by atoms with E-state index < -0.39 is 18.0 Å². The molecule has 0 radical (unpaired) electrons. The van der Waals surface area contributed by atoms with Crippen molar-refractivity contribution < 1.29 is 28.5 Å². The van der Waals surface area contributed by atoms with Crippen molar-refractivity contribution >= 4 is 33.6 Å². The number of hydrogen-bond donors (Lipinski definition) is 2. The van der Waals surface area contributed by atoms with E-state index in [0.717, 1.165) is 0 Å². The second-order valence-electron chi connectivity index (χ2n) is 6.50. The average molecular weight is 491 g/mol. The molecule has 0 aromatic heterocycles. The van der Waals surface area contributed by atoms with Crippen LogP contribution < -0.4 is 24.8 Å². The van der Waals surface area contributed by atoms with Gasteiger partial charge in [-0.15, -0.1) is 0 Å². The molecule has 8 nitrogen and oxygen atoms in total. The molecule has 1 aliphatic heterocycles. The lowest BCUT2D eigenvalue weighted by molar-refractivity contribution is -0.138. The van der Waals surface area contributed by atoms with Crippen molar-refractivity contribution in [2.75, 3.05) is 27.9 Å². The zero-order chi connectivity index (χ0) is 22.5. The van der Waals surface area contributed by atoms with E-state index in [1.54, 1.807) is 50.4 Å². The van der Waals surface area contributed by atoms with Crippen molar-refractivity contribution in [3.63, 3.8) is 0 Å². The predicted molar refractivity (Wildman–Crippen MR) is 118 cm³/mol. The van der Waals surface area contributed by atoms with Gasteiger partial charge in [0.1, 0.15) is 5.75 Å². The summed E-state index contributed by atoms with van der Waals surface area (Å²) in [5.41, 5.74) is 1.75. The third-order valence-corrected chi connectivity index (χ3v) is 5.19. The number of benzene rings is 2. The van der Waals surface area contributed by atoms with Gasteiger partial charge in [-0.1, -0.05) is 15.9 Å². The molecule has 2 aromatic carbocycles. The Bertz CT molecular complexity index is 1020. The Kier molecular flexibility index (Phi) is 7.06. The number of carbonyl (C=O) groups excluding carboxylic acids is 2. The van der Waals surface area contributed by atoms with Crippen LogP contribution in [0.3, 0.4) is 0 Å². The summed E-state index contributed by atoms with van der Waals surface area (Å²) in [5, 5.41) is 5.55. The first-order chi connectivity index (χ1) is 14.9. The molecule has 0 bridgehead atoms. The Morgan fingerprint density at radius 2 is 1.77 bits per heavy atom. The quantitative estimate of drug-likeness (QED) is 0.573. The van der Waals surface area contributed by atoms with Crippen LogP contribution in [0, 0.1) is 0 Å². The SMILES string of the molecule is CCOC(=O)C1=C(c2ccc(OC)cc2)NC(=O)NC1c1cc(Br)cc(OC)c1OC. The highest BCUT2D eigenvalue weighted by Gasteiger charge is 2.36. The van der Waals surface area contributed by atoms with Gasteiger partial charge in [0.25, 0.3) is 0 Å². The molecule has 0 saturated carbocycles. The zero-order valence-electron chi connectivity index (χ0n) is 17.6. The second-order valence-corrected chi connectivity index (χ2v) is 7.42. The lowest BCUT2D eigenvalue weighted by atomic mass is 9.92. The molecule has 164 valence electrons. The Labute approximate surface area is 188 Å². The van der Waals surface area contributed by atoms with Crippen LogP contribution in [0.25, 0.3) is 5.70 Å². The molecule has 2 aromatic rings. The monoisotopic (exact) mass is 490 g/mol. The van der Waals surface area contributed by atoms with Crippen LogP contribution in [-0.2, 0) is 9.53 Å². The van der Waals surface area contributed by atoms with Crippen LogP contribution in [0.15, 0.2) is 46.4 Å². The third kappa shape index (κ3) is 4.61. The van der Waals surface area contributed by atoms with E-state index in [2.05, 4.69) is 26.6 Å². The molecule has 0 fully saturated rings. The molecule has 2 amide bonds. The first-order valence-electron chi connectivity index (χ1n) is 9.48. The third-order valence-electron chi connectivity index (χ3n) is 4.73. The zero-order valence-corrected chi connectivity index (χ0v) is 19.2. The van der Waals surface area contributed by atoms with E-state index in [-0.39, 0.29) is 12.2 Å². The Morgan fingerprint density at radius 1 is 1.06 bits per heavy atom. The molecule has 31 heavy (non-hydrogen) atoms. The lowest BCUT2D eigenvalue weighted by Gasteiger charge is -2.30. The minimum Gasteiger partial charge on any atom is -0.497 e. The van der Waals surface area contributed by atoms with Crippen molar-refractivity contribution in [3.05, 3.63) is 57.6 Å². The first kappa shape index (κ1) is 22.5. The van der Waals surface area contributed by atoms with Gasteiger partial charge in [-0.3, -0.25) is 0 Å². The average Bonchev–Trinajstić information content (AvgIpc) is 2.77. The van der Waals surface area contributed by atoms with Crippen molar-refractivity contribution in [3.8, 4) is 17.2 Å². The second kappa shape index (κ2) is 9.74. The number of nitrogens with one attached hydrogen (secondary N) is 2. The summed E-state index contributed by atoms with van der Waals surface area (Å²) in [6, 6.07) is 9.21. The van der Waals surface area contributed by atoms with E-state index in [1.807, 2.05) is 0 Å². The molecule has 2 N–H and O–H groups in total. The summed E-state index contributed by atoms with van der Waals surface area (Å²) in [6.45, 7) is 1.90. The normalized spacial score (nSPS) is 15.6. The fourth-order valence-corrected chi connectivity index (χ4v) is 3.84. The molecule has 1 aliphatic rings. The van der Waals surface area contributed by atoms with Gasteiger partial charge in [-0.25, -0.2) is 9.59 Å². The van der Waals surface area contributed by atoms with Crippen LogP contribution in [0.4, 0.5) is 4.79 Å². The number of carbonyl (C=O) groups is 2. The number of esters is 1. The summed E-state index contributed by atoms with van der Waals surface area (Å²) in [7, 11) is 4.57. The smallest absolute Gasteiger partial charge is 0.338 e. The first-order valence-corrected chi connectivity index (χ1v) is 10.3. The number of hydrogen-bond acceptors (Lipinski definition) is 6. The van der Waals surface area contributed by atoms with Crippen molar-refractivity contribution in [2.24, 2.45) is 0 Å². The molecule has 1 atom stereocenters. The van der Waals surface area contributed by atoms with Crippen LogP contribution in [0.5, 0.6) is 17.2 Å². The molecule has 0 aliphatic carbocycles. The maximum absolute atomic E-state index is 13.1. The highest BCUT2D eigenvalue weighted by molar-refractivity contribution is 9.10. The molecule has 0 spiro atoms. The Hall–Kier alpha value is -3.20. The van der Waals surface area contributed by atoms with Gasteiger partial charge in [0.05, 0.1) is 45.2 Å². The molecule has 9 heteroatoms. The minimum absolute atomic E-state index is 0.178. The topological polar surface area (TPSA) is 95.1 Å². The van der Waals surface area contributed by atoms with Gasteiger partial charge < -0.3 is 29.6 Å². The molecule has 1 heterocycles. The van der Waals surface area contributed by atoms with Crippen LogP contribution in [0.2, 0.25) is 0 Å². The minimum atomic E-state index is -0.841. The van der Waals surface area contributed by atoms with Crippen LogP contribution in [-0.4, -0.2) is 39.9 Å². The van der Waals surface area contributed by atoms with E-state index in [0.29, 0.717) is 38.5 Å².